The van der Waals surface area contributed by atoms with Gasteiger partial charge < -0.3 is 15.4 Å². The molecule has 2 N–H and O–H groups in total. The summed E-state index contributed by atoms with van der Waals surface area (Å²) in [6.45, 7) is 1.01. The summed E-state index contributed by atoms with van der Waals surface area (Å²) in [6, 6.07) is 9.11. The molecule has 0 aromatic heterocycles. The van der Waals surface area contributed by atoms with Gasteiger partial charge in [-0.3, -0.25) is 14.9 Å². The van der Waals surface area contributed by atoms with Gasteiger partial charge in [0, 0.05) is 50.0 Å². The molecule has 31 heavy (non-hydrogen) atoms. The second-order valence-corrected chi connectivity index (χ2v) is 7.39. The van der Waals surface area contributed by atoms with E-state index in [4.69, 9.17) is 4.74 Å². The lowest BCUT2D eigenvalue weighted by atomic mass is 9.73. The van der Waals surface area contributed by atoms with Crippen molar-refractivity contribution in [1.29, 1.82) is 0 Å². The quantitative estimate of drug-likeness (QED) is 0.524. The fourth-order valence-electron chi connectivity index (χ4n) is 3.74. The third-order valence-corrected chi connectivity index (χ3v) is 5.56. The van der Waals surface area contributed by atoms with Gasteiger partial charge in [0.15, 0.2) is 0 Å². The van der Waals surface area contributed by atoms with Crippen LogP contribution in [-0.2, 0) is 16.3 Å². The SMILES string of the molecule is CNC(=O)c1cc([N+](=O)[O-])ccc1NCC1(c2cccc(C(F)(F)F)c2)CCOCC1. The Bertz CT molecular complexity index is 973. The molecular weight excluding hydrogens is 415 g/mol. The van der Waals surface area contributed by atoms with Gasteiger partial charge in [-0.1, -0.05) is 18.2 Å². The minimum Gasteiger partial charge on any atom is -0.383 e. The smallest absolute Gasteiger partial charge is 0.383 e. The number of hydrogen-bond donors (Lipinski definition) is 2. The van der Waals surface area contributed by atoms with E-state index in [1.807, 2.05) is 0 Å². The molecule has 166 valence electrons. The zero-order valence-electron chi connectivity index (χ0n) is 16.8. The maximum absolute atomic E-state index is 13.3. The van der Waals surface area contributed by atoms with Crippen LogP contribution in [0, 0.1) is 10.1 Å². The van der Waals surface area contributed by atoms with Gasteiger partial charge in [0.05, 0.1) is 16.1 Å². The highest BCUT2D eigenvalue weighted by Crippen LogP contribution is 2.38. The van der Waals surface area contributed by atoms with Crippen LogP contribution in [0.2, 0.25) is 0 Å². The van der Waals surface area contributed by atoms with Gasteiger partial charge in [0.1, 0.15) is 0 Å². The molecule has 10 heteroatoms. The van der Waals surface area contributed by atoms with E-state index in [-0.39, 0.29) is 17.8 Å². The summed E-state index contributed by atoms with van der Waals surface area (Å²) in [4.78, 5) is 22.7. The van der Waals surface area contributed by atoms with E-state index in [0.717, 1.165) is 12.1 Å². The first-order valence-corrected chi connectivity index (χ1v) is 9.66. The maximum atomic E-state index is 13.3. The van der Waals surface area contributed by atoms with E-state index in [1.165, 1.54) is 31.3 Å². The Hall–Kier alpha value is -3.14. The van der Waals surface area contributed by atoms with E-state index < -0.39 is 28.0 Å². The topological polar surface area (TPSA) is 93.5 Å². The minimum atomic E-state index is -4.46. The molecule has 1 amide bonds. The summed E-state index contributed by atoms with van der Waals surface area (Å²) < 4.78 is 45.2. The second kappa shape index (κ2) is 8.93. The van der Waals surface area contributed by atoms with Crippen LogP contribution in [-0.4, -0.2) is 37.6 Å². The molecule has 1 fully saturated rings. The van der Waals surface area contributed by atoms with Crippen molar-refractivity contribution in [3.05, 3.63) is 69.3 Å². The molecule has 0 aliphatic carbocycles. The lowest BCUT2D eigenvalue weighted by Gasteiger charge is -2.38. The van der Waals surface area contributed by atoms with E-state index in [1.54, 1.807) is 6.07 Å². The van der Waals surface area contributed by atoms with Crippen molar-refractivity contribution < 1.29 is 27.6 Å². The summed E-state index contributed by atoms with van der Waals surface area (Å²) >= 11 is 0. The molecule has 0 saturated carbocycles. The fourth-order valence-corrected chi connectivity index (χ4v) is 3.74. The third-order valence-electron chi connectivity index (χ3n) is 5.56. The lowest BCUT2D eigenvalue weighted by Crippen LogP contribution is -2.40. The number of halogens is 3. The third kappa shape index (κ3) is 4.96. The molecule has 2 aromatic carbocycles. The van der Waals surface area contributed by atoms with E-state index in [0.29, 0.717) is 37.3 Å². The van der Waals surface area contributed by atoms with Crippen LogP contribution in [0.3, 0.4) is 0 Å². The Labute approximate surface area is 176 Å². The highest BCUT2D eigenvalue weighted by atomic mass is 19.4. The van der Waals surface area contributed by atoms with Gasteiger partial charge in [-0.25, -0.2) is 0 Å². The molecule has 2 aromatic rings. The summed E-state index contributed by atoms with van der Waals surface area (Å²) in [5.74, 6) is -0.508. The van der Waals surface area contributed by atoms with Crippen LogP contribution < -0.4 is 10.6 Å². The monoisotopic (exact) mass is 437 g/mol. The number of carbonyl (C=O) groups excluding carboxylic acids is 1. The maximum Gasteiger partial charge on any atom is 0.416 e. The van der Waals surface area contributed by atoms with Crippen molar-refractivity contribution in [1.82, 2.24) is 5.32 Å². The number of nitrogens with zero attached hydrogens (tertiary/aromatic N) is 1. The Morgan fingerprint density at radius 1 is 1.19 bits per heavy atom. The fraction of sp³-hybridized carbons (Fsp3) is 0.381. The predicted molar refractivity (Wildman–Crippen MR) is 108 cm³/mol. The average molecular weight is 437 g/mol. The van der Waals surface area contributed by atoms with Gasteiger partial charge in [-0.2, -0.15) is 13.2 Å². The largest absolute Gasteiger partial charge is 0.416 e. The zero-order chi connectivity index (χ0) is 22.6. The van der Waals surface area contributed by atoms with Crippen molar-refractivity contribution in [3.8, 4) is 0 Å². The van der Waals surface area contributed by atoms with Crippen LogP contribution in [0.15, 0.2) is 42.5 Å². The first-order valence-electron chi connectivity index (χ1n) is 9.66. The zero-order valence-corrected chi connectivity index (χ0v) is 16.8. The standard InChI is InChI=1S/C21H22F3N3O4/c1-25-19(28)17-12-16(27(29)30)5-6-18(17)26-13-20(7-9-31-10-8-20)14-3-2-4-15(11-14)21(22,23)24/h2-6,11-12,26H,7-10,13H2,1H3,(H,25,28). The van der Waals surface area contributed by atoms with Crippen molar-refractivity contribution >= 4 is 17.3 Å². The van der Waals surface area contributed by atoms with Crippen LogP contribution >= 0.6 is 0 Å². The molecular formula is C21H22F3N3O4. The Morgan fingerprint density at radius 3 is 2.52 bits per heavy atom. The number of alkyl halides is 3. The number of rotatable bonds is 6. The van der Waals surface area contributed by atoms with E-state index in [9.17, 15) is 28.1 Å². The molecule has 1 aliphatic heterocycles. The lowest BCUT2D eigenvalue weighted by molar-refractivity contribution is -0.384. The first kappa shape index (κ1) is 22.5. The summed E-state index contributed by atoms with van der Waals surface area (Å²) in [5.41, 5.74) is -0.631. The van der Waals surface area contributed by atoms with Crippen LogP contribution in [0.25, 0.3) is 0 Å². The first-order chi connectivity index (χ1) is 14.7. The Kier molecular flexibility index (Phi) is 6.49. The number of nitro groups is 1. The van der Waals surface area contributed by atoms with Crippen molar-refractivity contribution in [2.45, 2.75) is 24.4 Å². The van der Waals surface area contributed by atoms with Gasteiger partial charge in [-0.15, -0.1) is 0 Å². The normalized spacial score (nSPS) is 15.9. The van der Waals surface area contributed by atoms with Gasteiger partial charge in [0.25, 0.3) is 11.6 Å². The molecule has 0 radical (unpaired) electrons. The van der Waals surface area contributed by atoms with Crippen molar-refractivity contribution in [2.24, 2.45) is 0 Å². The van der Waals surface area contributed by atoms with Crippen molar-refractivity contribution in [3.63, 3.8) is 0 Å². The average Bonchev–Trinajstić information content (AvgIpc) is 2.77. The number of benzene rings is 2. The molecule has 1 heterocycles. The molecule has 0 bridgehead atoms. The molecule has 7 nitrogen and oxygen atoms in total. The number of anilines is 1. The summed E-state index contributed by atoms with van der Waals surface area (Å²) in [7, 11) is 1.41. The molecule has 3 rings (SSSR count). The highest BCUT2D eigenvalue weighted by molar-refractivity contribution is 6.00. The highest BCUT2D eigenvalue weighted by Gasteiger charge is 2.37. The molecule has 0 unspecified atom stereocenters. The van der Waals surface area contributed by atoms with Crippen molar-refractivity contribution in [2.75, 3.05) is 32.1 Å². The van der Waals surface area contributed by atoms with Gasteiger partial charge >= 0.3 is 6.18 Å². The number of nitro benzene ring substituents is 1. The Balaban J connectivity index is 1.95. The molecule has 1 aliphatic rings. The number of carbonyl (C=O) groups is 1. The van der Waals surface area contributed by atoms with Gasteiger partial charge in [-0.05, 0) is 30.5 Å². The van der Waals surface area contributed by atoms with E-state index in [2.05, 4.69) is 10.6 Å². The van der Waals surface area contributed by atoms with Gasteiger partial charge in [0.2, 0.25) is 0 Å². The summed E-state index contributed by atoms with van der Waals surface area (Å²) in [6.07, 6.45) is -3.48. The number of hydrogen-bond acceptors (Lipinski definition) is 5. The number of non-ortho nitro benzene ring substituents is 1. The van der Waals surface area contributed by atoms with Crippen LogP contribution in [0.5, 0.6) is 0 Å². The minimum absolute atomic E-state index is 0.0861. The number of nitrogens with one attached hydrogen (secondary N) is 2. The predicted octanol–water partition coefficient (Wildman–Crippen LogP) is 4.13. The van der Waals surface area contributed by atoms with Crippen LogP contribution in [0.1, 0.15) is 34.3 Å². The Morgan fingerprint density at radius 2 is 1.90 bits per heavy atom. The van der Waals surface area contributed by atoms with E-state index >= 15 is 0 Å². The van der Waals surface area contributed by atoms with Crippen LogP contribution in [0.4, 0.5) is 24.5 Å². The summed E-state index contributed by atoms with van der Waals surface area (Å²) in [5, 5.41) is 16.7. The second-order valence-electron chi connectivity index (χ2n) is 7.39. The number of amides is 1. The molecule has 1 saturated heterocycles. The molecule has 0 spiro atoms. The number of ether oxygens (including phenoxy) is 1. The molecule has 0 atom stereocenters.